The largest absolute Gasteiger partial charge is 0.495 e. The summed E-state index contributed by atoms with van der Waals surface area (Å²) < 4.78 is 39.5. The lowest BCUT2D eigenvalue weighted by molar-refractivity contribution is -0.120. The molecule has 0 heterocycles. The van der Waals surface area contributed by atoms with Gasteiger partial charge in [0.15, 0.2) is 0 Å². The minimum atomic E-state index is -4.20. The lowest BCUT2D eigenvalue weighted by atomic mass is 9.88. The minimum Gasteiger partial charge on any atom is -0.495 e. The molecular formula is C27H29ClN2O5S. The van der Waals surface area contributed by atoms with Crippen molar-refractivity contribution in [3.63, 3.8) is 0 Å². The Morgan fingerprint density at radius 2 is 1.78 bits per heavy atom. The first-order chi connectivity index (χ1) is 17.2. The van der Waals surface area contributed by atoms with Crippen LogP contribution in [0.4, 0.5) is 5.69 Å². The summed E-state index contributed by atoms with van der Waals surface area (Å²) in [6, 6.07) is 17.3. The Labute approximate surface area is 217 Å². The molecule has 0 radical (unpaired) electrons. The second-order valence-corrected chi connectivity index (χ2v) is 10.9. The summed E-state index contributed by atoms with van der Waals surface area (Å²) in [5, 5.41) is 3.27. The van der Waals surface area contributed by atoms with Crippen molar-refractivity contribution >= 4 is 33.2 Å². The molecule has 0 bridgehead atoms. The standard InChI is InChI=1S/C27H29ClN2O5S/c1-18-11-13-25(35-3)26(15-18)36(32,33)30(20-12-14-24(34-2)22(28)16-20)17-27(31)29-23-10-6-8-19-7-4-5-9-21(19)23/h4-5,7,9,11-16,23H,6,8,10,17H2,1-3H3,(H,29,31). The fraction of sp³-hybridized carbons (Fsp3) is 0.296. The Balaban J connectivity index is 1.71. The molecule has 7 nitrogen and oxygen atoms in total. The van der Waals surface area contributed by atoms with E-state index in [-0.39, 0.29) is 27.4 Å². The number of halogens is 1. The Hall–Kier alpha value is -3.23. The summed E-state index contributed by atoms with van der Waals surface area (Å²) >= 11 is 6.33. The van der Waals surface area contributed by atoms with Crippen molar-refractivity contribution in [3.8, 4) is 11.5 Å². The van der Waals surface area contributed by atoms with Crippen LogP contribution in [0.5, 0.6) is 11.5 Å². The monoisotopic (exact) mass is 528 g/mol. The molecule has 9 heteroatoms. The van der Waals surface area contributed by atoms with E-state index in [1.807, 2.05) is 18.2 Å². The zero-order valence-electron chi connectivity index (χ0n) is 20.5. The Bertz CT molecular complexity index is 1380. The van der Waals surface area contributed by atoms with Gasteiger partial charge in [-0.15, -0.1) is 0 Å². The van der Waals surface area contributed by atoms with Gasteiger partial charge in [0.2, 0.25) is 5.91 Å². The Morgan fingerprint density at radius 1 is 1.06 bits per heavy atom. The number of methoxy groups -OCH3 is 2. The number of carbonyl (C=O) groups is 1. The SMILES string of the molecule is COc1ccc(N(CC(=O)NC2CCCc3ccccc32)S(=O)(=O)c2cc(C)ccc2OC)cc1Cl. The third-order valence-electron chi connectivity index (χ3n) is 6.30. The third kappa shape index (κ3) is 5.29. The highest BCUT2D eigenvalue weighted by atomic mass is 35.5. The van der Waals surface area contributed by atoms with Gasteiger partial charge in [0, 0.05) is 0 Å². The number of carbonyl (C=O) groups excluding carboxylic acids is 1. The van der Waals surface area contributed by atoms with E-state index in [0.717, 1.165) is 34.7 Å². The maximum atomic E-state index is 13.9. The van der Waals surface area contributed by atoms with Crippen LogP contribution in [0.25, 0.3) is 0 Å². The summed E-state index contributed by atoms with van der Waals surface area (Å²) in [5.41, 5.74) is 3.25. The predicted molar refractivity (Wildman–Crippen MR) is 141 cm³/mol. The van der Waals surface area contributed by atoms with Gasteiger partial charge in [-0.25, -0.2) is 8.42 Å². The number of amides is 1. The molecule has 3 aromatic rings. The normalized spacial score (nSPS) is 15.1. The molecule has 0 aromatic heterocycles. The highest BCUT2D eigenvalue weighted by Crippen LogP contribution is 2.35. The van der Waals surface area contributed by atoms with Crippen molar-refractivity contribution in [2.45, 2.75) is 37.1 Å². The molecule has 0 fully saturated rings. The molecule has 1 amide bonds. The number of benzene rings is 3. The number of sulfonamides is 1. The fourth-order valence-corrected chi connectivity index (χ4v) is 6.41. The molecule has 1 aliphatic rings. The van der Waals surface area contributed by atoms with Gasteiger partial charge >= 0.3 is 0 Å². The van der Waals surface area contributed by atoms with Crippen molar-refractivity contribution < 1.29 is 22.7 Å². The molecule has 0 aliphatic heterocycles. The maximum Gasteiger partial charge on any atom is 0.268 e. The summed E-state index contributed by atoms with van der Waals surface area (Å²) in [7, 11) is -1.32. The van der Waals surface area contributed by atoms with E-state index in [2.05, 4.69) is 11.4 Å². The molecule has 36 heavy (non-hydrogen) atoms. The molecule has 0 saturated carbocycles. The summed E-state index contributed by atoms with van der Waals surface area (Å²) in [4.78, 5) is 13.3. The molecule has 0 saturated heterocycles. The van der Waals surface area contributed by atoms with E-state index >= 15 is 0 Å². The Kier molecular flexibility index (Phi) is 7.76. The number of nitrogens with one attached hydrogen (secondary N) is 1. The quantitative estimate of drug-likeness (QED) is 0.442. The first-order valence-electron chi connectivity index (χ1n) is 11.6. The number of hydrogen-bond donors (Lipinski definition) is 1. The zero-order chi connectivity index (χ0) is 25.9. The van der Waals surface area contributed by atoms with Gasteiger partial charge in [0.25, 0.3) is 10.0 Å². The van der Waals surface area contributed by atoms with E-state index in [9.17, 15) is 13.2 Å². The van der Waals surface area contributed by atoms with Gasteiger partial charge in [0.1, 0.15) is 22.9 Å². The van der Waals surface area contributed by atoms with Crippen LogP contribution in [0.15, 0.2) is 65.6 Å². The van der Waals surface area contributed by atoms with Crippen molar-refractivity contribution in [3.05, 3.63) is 82.4 Å². The average molecular weight is 529 g/mol. The third-order valence-corrected chi connectivity index (χ3v) is 8.39. The van der Waals surface area contributed by atoms with Crippen LogP contribution in [0, 0.1) is 6.92 Å². The summed E-state index contributed by atoms with van der Waals surface area (Å²) in [6.45, 7) is 1.36. The summed E-state index contributed by atoms with van der Waals surface area (Å²) in [5.74, 6) is 0.167. The van der Waals surface area contributed by atoms with Crippen LogP contribution in [0.3, 0.4) is 0 Å². The number of rotatable bonds is 8. The fourth-order valence-electron chi connectivity index (χ4n) is 4.50. The topological polar surface area (TPSA) is 84.9 Å². The molecule has 190 valence electrons. The van der Waals surface area contributed by atoms with Gasteiger partial charge in [-0.05, 0) is 73.2 Å². The second kappa shape index (κ2) is 10.8. The maximum absolute atomic E-state index is 13.9. The number of hydrogen-bond acceptors (Lipinski definition) is 5. The van der Waals surface area contributed by atoms with Gasteiger partial charge in [-0.2, -0.15) is 0 Å². The highest BCUT2D eigenvalue weighted by molar-refractivity contribution is 7.93. The van der Waals surface area contributed by atoms with E-state index in [0.29, 0.717) is 5.75 Å². The number of aryl methyl sites for hydroxylation is 2. The van der Waals surface area contributed by atoms with Crippen molar-refractivity contribution in [1.29, 1.82) is 0 Å². The predicted octanol–water partition coefficient (Wildman–Crippen LogP) is 5.05. The number of fused-ring (bicyclic) bond motifs is 1. The molecule has 1 atom stereocenters. The summed E-state index contributed by atoms with van der Waals surface area (Å²) in [6.07, 6.45) is 2.69. The zero-order valence-corrected chi connectivity index (χ0v) is 22.0. The van der Waals surface area contributed by atoms with Crippen LogP contribution in [-0.2, 0) is 21.2 Å². The smallest absolute Gasteiger partial charge is 0.268 e. The van der Waals surface area contributed by atoms with Gasteiger partial charge in [-0.1, -0.05) is 41.9 Å². The van der Waals surface area contributed by atoms with Crippen molar-refractivity contribution in [1.82, 2.24) is 5.32 Å². The van der Waals surface area contributed by atoms with Gasteiger partial charge < -0.3 is 14.8 Å². The lowest BCUT2D eigenvalue weighted by Crippen LogP contribution is -2.42. The molecular weight excluding hydrogens is 500 g/mol. The van der Waals surface area contributed by atoms with Crippen LogP contribution >= 0.6 is 11.6 Å². The Morgan fingerprint density at radius 3 is 2.50 bits per heavy atom. The minimum absolute atomic E-state index is 0.0345. The van der Waals surface area contributed by atoms with Crippen LogP contribution in [-0.4, -0.2) is 35.1 Å². The van der Waals surface area contributed by atoms with Gasteiger partial charge in [-0.3, -0.25) is 9.10 Å². The molecule has 1 N–H and O–H groups in total. The molecule has 1 aliphatic carbocycles. The van der Waals surface area contributed by atoms with E-state index in [4.69, 9.17) is 21.1 Å². The average Bonchev–Trinajstić information content (AvgIpc) is 2.87. The second-order valence-electron chi connectivity index (χ2n) is 8.70. The van der Waals surface area contributed by atoms with Crippen LogP contribution in [0.1, 0.15) is 35.6 Å². The van der Waals surface area contributed by atoms with E-state index in [1.54, 1.807) is 31.2 Å². The van der Waals surface area contributed by atoms with Gasteiger partial charge in [0.05, 0.1) is 31.0 Å². The van der Waals surface area contributed by atoms with Crippen molar-refractivity contribution in [2.75, 3.05) is 25.1 Å². The van der Waals surface area contributed by atoms with E-state index in [1.165, 1.54) is 31.9 Å². The number of nitrogens with zero attached hydrogens (tertiary/aromatic N) is 1. The molecule has 3 aromatic carbocycles. The first-order valence-corrected chi connectivity index (χ1v) is 13.4. The number of ether oxygens (including phenoxy) is 2. The molecule has 0 spiro atoms. The lowest BCUT2D eigenvalue weighted by Gasteiger charge is -2.29. The van der Waals surface area contributed by atoms with Crippen molar-refractivity contribution in [2.24, 2.45) is 0 Å². The van der Waals surface area contributed by atoms with E-state index < -0.39 is 22.5 Å². The molecule has 1 unspecified atom stereocenters. The first kappa shape index (κ1) is 25.9. The highest BCUT2D eigenvalue weighted by Gasteiger charge is 2.32. The van der Waals surface area contributed by atoms with Crippen LogP contribution in [0.2, 0.25) is 5.02 Å². The van der Waals surface area contributed by atoms with Crippen LogP contribution < -0.4 is 19.1 Å². The molecule has 4 rings (SSSR count). The number of anilines is 1.